The van der Waals surface area contributed by atoms with Gasteiger partial charge in [0, 0.05) is 10.8 Å². The minimum atomic E-state index is -0.160. The molecule has 16 heavy (non-hydrogen) atoms. The lowest BCUT2D eigenvalue weighted by Gasteiger charge is -2.07. The van der Waals surface area contributed by atoms with Crippen LogP contribution in [0.15, 0.2) is 0 Å². The van der Waals surface area contributed by atoms with Crippen molar-refractivity contribution >= 4 is 6.41 Å². The molecule has 2 atom stereocenters. The summed E-state index contributed by atoms with van der Waals surface area (Å²) in [6, 6.07) is 0. The van der Waals surface area contributed by atoms with E-state index in [0.29, 0.717) is 5.92 Å². The van der Waals surface area contributed by atoms with Gasteiger partial charge in [0.2, 0.25) is 13.0 Å². The van der Waals surface area contributed by atoms with Crippen LogP contribution in [0.3, 0.4) is 0 Å². The first kappa shape index (κ1) is 14.9. The lowest BCUT2D eigenvalue weighted by Crippen LogP contribution is -2.11. The van der Waals surface area contributed by atoms with Gasteiger partial charge in [-0.1, -0.05) is 26.2 Å². The number of nitrogens with zero attached hydrogens (tertiary/aromatic N) is 1. The maximum Gasteiger partial charge on any atom is 0.206 e. The second kappa shape index (κ2) is 9.12. The Bertz CT molecular complexity index is 209. The van der Waals surface area contributed by atoms with Crippen molar-refractivity contribution in [2.75, 3.05) is 6.54 Å². The first-order valence-electron chi connectivity index (χ1n) is 5.91. The number of carbonyl (C=O) groups is 1. The fourth-order valence-electron chi connectivity index (χ4n) is 2.31. The van der Waals surface area contributed by atoms with Crippen LogP contribution in [0.5, 0.6) is 0 Å². The molecule has 1 aliphatic rings. The molecule has 0 bridgehead atoms. The number of amides is 1. The van der Waals surface area contributed by atoms with Crippen LogP contribution < -0.4 is 5.73 Å². The number of hydrogen-bond donors (Lipinski definition) is 1. The molecule has 1 rings (SSSR count). The third-order valence-electron chi connectivity index (χ3n) is 3.02. The summed E-state index contributed by atoms with van der Waals surface area (Å²) >= 11 is 0. The van der Waals surface area contributed by atoms with Crippen molar-refractivity contribution in [1.82, 2.24) is 0 Å². The zero-order valence-corrected chi connectivity index (χ0v) is 9.93. The van der Waals surface area contributed by atoms with Gasteiger partial charge in [-0.2, -0.15) is 0 Å². The Morgan fingerprint density at radius 1 is 1.44 bits per heavy atom. The summed E-state index contributed by atoms with van der Waals surface area (Å²) < 4.78 is 0. The van der Waals surface area contributed by atoms with Crippen LogP contribution in [0.1, 0.15) is 45.4 Å². The van der Waals surface area contributed by atoms with Crippen LogP contribution >= 0.6 is 0 Å². The first-order chi connectivity index (χ1) is 7.63. The Balaban J connectivity index is 0.000000673. The molecule has 0 aromatic rings. The van der Waals surface area contributed by atoms with E-state index in [1.165, 1.54) is 25.7 Å². The molecule has 5 heteroatoms. The minimum Gasteiger partial charge on any atom is -0.372 e. The molecule has 1 amide bonds. The average molecular weight is 230 g/mol. The van der Waals surface area contributed by atoms with Crippen LogP contribution in [0.4, 0.5) is 0 Å². The van der Waals surface area contributed by atoms with E-state index in [0.717, 1.165) is 18.8 Å². The van der Waals surface area contributed by atoms with Gasteiger partial charge in [-0.15, -0.1) is 0 Å². The highest BCUT2D eigenvalue weighted by Gasteiger charge is 2.27. The van der Waals surface area contributed by atoms with Crippen molar-refractivity contribution in [1.29, 1.82) is 0 Å². The monoisotopic (exact) mass is 230 g/mol. The predicted octanol–water partition coefficient (Wildman–Crippen LogP) is 1.97. The smallest absolute Gasteiger partial charge is 0.206 e. The normalized spacial score (nSPS) is 23.3. The van der Waals surface area contributed by atoms with E-state index in [1.54, 1.807) is 0 Å². The van der Waals surface area contributed by atoms with Gasteiger partial charge in [-0.25, -0.2) is 0 Å². The topological polar surface area (TPSA) is 86.2 Å². The summed E-state index contributed by atoms with van der Waals surface area (Å²) in [5.74, 6) is 1.15. The number of nitrogens with two attached hydrogens (primary N) is 1. The lowest BCUT2D eigenvalue weighted by atomic mass is 9.99. The van der Waals surface area contributed by atoms with Crippen molar-refractivity contribution in [3.63, 3.8) is 0 Å². The maximum absolute atomic E-state index is 10.3. The predicted molar refractivity (Wildman–Crippen MR) is 62.5 cm³/mol. The Morgan fingerprint density at radius 2 is 2.00 bits per heavy atom. The van der Waals surface area contributed by atoms with Crippen LogP contribution in [-0.4, -0.2) is 17.9 Å². The molecule has 0 saturated heterocycles. The summed E-state index contributed by atoms with van der Waals surface area (Å²) in [6.45, 7) is 2.39. The van der Waals surface area contributed by atoms with Crippen molar-refractivity contribution in [3.8, 4) is 0 Å². The fourth-order valence-corrected chi connectivity index (χ4v) is 2.31. The molecule has 1 saturated carbocycles. The zero-order valence-electron chi connectivity index (χ0n) is 9.93. The van der Waals surface area contributed by atoms with Gasteiger partial charge < -0.3 is 5.73 Å². The van der Waals surface area contributed by atoms with Crippen molar-refractivity contribution < 1.29 is 9.72 Å². The first-order valence-corrected chi connectivity index (χ1v) is 5.91. The number of carbonyl (C=O) groups excluding carboxylic acids is 1. The lowest BCUT2D eigenvalue weighted by molar-refractivity contribution is -0.488. The van der Waals surface area contributed by atoms with Gasteiger partial charge in [-0.3, -0.25) is 14.9 Å². The van der Waals surface area contributed by atoms with Gasteiger partial charge in [0.05, 0.1) is 0 Å². The van der Waals surface area contributed by atoms with Gasteiger partial charge in [0.25, 0.3) is 0 Å². The van der Waals surface area contributed by atoms with Gasteiger partial charge in [0.15, 0.2) is 0 Å². The molecule has 2 unspecified atom stereocenters. The zero-order chi connectivity index (χ0) is 12.4. The number of primary amides is 1. The number of unbranched alkanes of at least 4 members (excludes halogenated alkanes) is 1. The second-order valence-electron chi connectivity index (χ2n) is 4.34. The van der Waals surface area contributed by atoms with Crippen LogP contribution in [0.2, 0.25) is 0 Å². The summed E-state index contributed by atoms with van der Waals surface area (Å²) in [5, 5.41) is 10.3. The Hall–Kier alpha value is -1.13. The number of nitro groups is 1. The van der Waals surface area contributed by atoms with Crippen LogP contribution in [0.25, 0.3) is 0 Å². The molecule has 1 aliphatic carbocycles. The van der Waals surface area contributed by atoms with E-state index >= 15 is 0 Å². The maximum atomic E-state index is 10.3. The molecule has 2 N–H and O–H groups in total. The highest BCUT2D eigenvalue weighted by molar-refractivity contribution is 5.42. The fraction of sp³-hybridized carbons (Fsp3) is 0.909. The van der Waals surface area contributed by atoms with Crippen molar-refractivity contribution in [2.45, 2.75) is 45.4 Å². The van der Waals surface area contributed by atoms with E-state index in [-0.39, 0.29) is 17.9 Å². The minimum absolute atomic E-state index is 0.160. The molecule has 0 aromatic heterocycles. The van der Waals surface area contributed by atoms with Crippen molar-refractivity contribution in [2.24, 2.45) is 17.6 Å². The van der Waals surface area contributed by atoms with Crippen LogP contribution in [-0.2, 0) is 4.79 Å². The Kier molecular flexibility index (Phi) is 8.48. The third kappa shape index (κ3) is 7.20. The summed E-state index contributed by atoms with van der Waals surface area (Å²) in [5.41, 5.74) is 4.17. The highest BCUT2D eigenvalue weighted by atomic mass is 16.6. The van der Waals surface area contributed by atoms with E-state index in [4.69, 9.17) is 4.79 Å². The number of hydrogen-bond acceptors (Lipinski definition) is 3. The molecule has 0 heterocycles. The van der Waals surface area contributed by atoms with Gasteiger partial charge in [-0.05, 0) is 25.2 Å². The van der Waals surface area contributed by atoms with E-state index < -0.39 is 0 Å². The van der Waals surface area contributed by atoms with Crippen LogP contribution in [0, 0.1) is 22.0 Å². The molecule has 0 spiro atoms. The van der Waals surface area contributed by atoms with Gasteiger partial charge in [0.1, 0.15) is 0 Å². The Morgan fingerprint density at radius 3 is 2.50 bits per heavy atom. The summed E-state index contributed by atoms with van der Waals surface area (Å²) in [7, 11) is 0. The molecule has 5 nitrogen and oxygen atoms in total. The molecular weight excluding hydrogens is 208 g/mol. The van der Waals surface area contributed by atoms with E-state index in [2.05, 4.69) is 12.7 Å². The molecule has 0 aliphatic heterocycles. The number of rotatable bonds is 5. The average Bonchev–Trinajstić information content (AvgIpc) is 2.63. The Labute approximate surface area is 96.5 Å². The van der Waals surface area contributed by atoms with E-state index in [9.17, 15) is 10.1 Å². The third-order valence-corrected chi connectivity index (χ3v) is 3.02. The summed E-state index contributed by atoms with van der Waals surface area (Å²) in [4.78, 5) is 18.7. The molecule has 1 fully saturated rings. The molecule has 0 aromatic carbocycles. The quantitative estimate of drug-likeness (QED) is 0.445. The van der Waals surface area contributed by atoms with Gasteiger partial charge >= 0.3 is 0 Å². The summed E-state index contributed by atoms with van der Waals surface area (Å²) in [6.07, 6.45) is 7.46. The largest absolute Gasteiger partial charge is 0.372 e. The standard InChI is InChI=1S/C10H19NO2.CH3NO/c1-2-3-4-9-5-6-10(7-9)8-11(12)13;2-1-3/h9-10H,2-8H2,1H3;1H,(H2,2,3). The highest BCUT2D eigenvalue weighted by Crippen LogP contribution is 2.33. The van der Waals surface area contributed by atoms with E-state index in [1.807, 2.05) is 0 Å². The molecule has 0 radical (unpaired) electrons. The molecule has 94 valence electrons. The van der Waals surface area contributed by atoms with Crippen molar-refractivity contribution in [3.05, 3.63) is 10.1 Å². The SMILES string of the molecule is CCCCC1CCC(C[N+](=O)[O-])C1.NC=O. The second-order valence-corrected chi connectivity index (χ2v) is 4.34. The molecular formula is C11H22N2O3.